The van der Waals surface area contributed by atoms with Crippen molar-refractivity contribution in [2.75, 3.05) is 18.0 Å². The Morgan fingerprint density at radius 1 is 1.04 bits per heavy atom. The minimum atomic E-state index is 0.0818. The van der Waals surface area contributed by atoms with Gasteiger partial charge in [0.2, 0.25) is 11.9 Å². The maximum atomic E-state index is 11.2. The van der Waals surface area contributed by atoms with Crippen molar-refractivity contribution in [3.63, 3.8) is 0 Å². The molecule has 3 heterocycles. The molecule has 3 aliphatic rings. The summed E-state index contributed by atoms with van der Waals surface area (Å²) in [6.45, 7) is 8.45. The minimum Gasteiger partial charge on any atom is -0.354 e. The van der Waals surface area contributed by atoms with Crippen LogP contribution in [-0.4, -0.2) is 58.0 Å². The zero-order valence-corrected chi connectivity index (χ0v) is 16.9. The Hall–Kier alpha value is -1.69. The van der Waals surface area contributed by atoms with E-state index in [9.17, 15) is 4.79 Å². The molecule has 4 rings (SSSR count). The molecule has 2 aliphatic heterocycles. The normalized spacial score (nSPS) is 31.3. The Bertz CT molecular complexity index is 639. The van der Waals surface area contributed by atoms with E-state index in [0.29, 0.717) is 30.1 Å². The summed E-state index contributed by atoms with van der Waals surface area (Å²) < 4.78 is 0. The lowest BCUT2D eigenvalue weighted by Gasteiger charge is -2.42. The van der Waals surface area contributed by atoms with Crippen LogP contribution in [0.5, 0.6) is 0 Å². The molecule has 1 N–H and O–H groups in total. The van der Waals surface area contributed by atoms with Crippen molar-refractivity contribution in [2.24, 2.45) is 0 Å². The molecule has 1 aromatic rings. The smallest absolute Gasteiger partial charge is 0.225 e. The topological polar surface area (TPSA) is 61.4 Å². The third kappa shape index (κ3) is 3.96. The number of hydrogen-bond donors (Lipinski definition) is 1. The van der Waals surface area contributed by atoms with Gasteiger partial charge in [-0.3, -0.25) is 9.69 Å². The molecule has 0 spiro atoms. The van der Waals surface area contributed by atoms with Crippen LogP contribution in [0, 0.1) is 0 Å². The second-order valence-corrected chi connectivity index (χ2v) is 8.91. The number of likely N-dealkylation sites (tertiary alicyclic amines) is 1. The van der Waals surface area contributed by atoms with Gasteiger partial charge in [0.25, 0.3) is 0 Å². The summed E-state index contributed by atoms with van der Waals surface area (Å²) in [7, 11) is 0. The highest BCUT2D eigenvalue weighted by Crippen LogP contribution is 2.35. The van der Waals surface area contributed by atoms with E-state index in [1.165, 1.54) is 18.4 Å². The fourth-order valence-electron chi connectivity index (χ4n) is 5.22. The van der Waals surface area contributed by atoms with Crippen molar-refractivity contribution in [2.45, 2.75) is 89.4 Å². The first-order valence-corrected chi connectivity index (χ1v) is 10.6. The number of carbonyl (C=O) groups excluding carboxylic acids is 1. The van der Waals surface area contributed by atoms with E-state index in [0.717, 1.165) is 44.7 Å². The molecule has 6 nitrogen and oxygen atoms in total. The van der Waals surface area contributed by atoms with Crippen molar-refractivity contribution < 1.29 is 4.79 Å². The Balaban J connectivity index is 1.38. The van der Waals surface area contributed by atoms with E-state index in [1.54, 1.807) is 6.92 Å². The average Bonchev–Trinajstić information content (AvgIpc) is 2.91. The Kier molecular flexibility index (Phi) is 5.35. The molecule has 148 valence electrons. The number of rotatable bonds is 4. The number of nitrogens with one attached hydrogen (secondary N) is 1. The highest BCUT2D eigenvalue weighted by Gasteiger charge is 2.41. The van der Waals surface area contributed by atoms with Gasteiger partial charge in [-0.1, -0.05) is 0 Å². The highest BCUT2D eigenvalue weighted by molar-refractivity contribution is 5.73. The summed E-state index contributed by atoms with van der Waals surface area (Å²) >= 11 is 0. The summed E-state index contributed by atoms with van der Waals surface area (Å²) in [4.78, 5) is 25.9. The number of anilines is 1. The lowest BCUT2D eigenvalue weighted by molar-refractivity contribution is -0.119. The van der Waals surface area contributed by atoms with Crippen molar-refractivity contribution >= 4 is 11.9 Å². The summed E-state index contributed by atoms with van der Waals surface area (Å²) in [6.07, 6.45) is 10.9. The molecule has 1 aromatic heterocycles. The number of carbonyl (C=O) groups is 1. The van der Waals surface area contributed by atoms with E-state index >= 15 is 0 Å². The molecule has 0 aromatic carbocycles. The van der Waals surface area contributed by atoms with Gasteiger partial charge in [-0.25, -0.2) is 9.97 Å². The Morgan fingerprint density at radius 2 is 1.63 bits per heavy atom. The molecule has 2 saturated heterocycles. The molecule has 1 amide bonds. The SMILES string of the molecule is CC(=O)N[C@H]1CC[C@@H](c2cnc(N3C4CCC3CN(C(C)C)C4)nc2)CC1. The molecule has 27 heavy (non-hydrogen) atoms. The molecule has 0 radical (unpaired) electrons. The molecule has 6 heteroatoms. The quantitative estimate of drug-likeness (QED) is 0.882. The van der Waals surface area contributed by atoms with Crippen molar-refractivity contribution in [1.29, 1.82) is 0 Å². The fraction of sp³-hybridized carbons (Fsp3) is 0.762. The van der Waals surface area contributed by atoms with Crippen LogP contribution in [0.25, 0.3) is 0 Å². The number of piperazine rings is 1. The standard InChI is InChI=1S/C21H33N5O/c1-14(2)25-12-19-8-9-20(13-25)26(19)21-22-10-17(11-23-21)16-4-6-18(7-5-16)24-15(3)27/h10-11,14,16,18-20H,4-9,12-13H2,1-3H3,(H,24,27)/t16-,18+,19?,20?. The lowest BCUT2D eigenvalue weighted by atomic mass is 9.83. The second-order valence-electron chi connectivity index (χ2n) is 8.91. The summed E-state index contributed by atoms with van der Waals surface area (Å²) in [5.41, 5.74) is 1.26. The average molecular weight is 372 g/mol. The van der Waals surface area contributed by atoms with Crippen LogP contribution in [-0.2, 0) is 4.79 Å². The third-order valence-corrected chi connectivity index (χ3v) is 6.74. The predicted octanol–water partition coefficient (Wildman–Crippen LogP) is 2.70. The molecule has 1 saturated carbocycles. The van der Waals surface area contributed by atoms with Crippen LogP contribution in [0.15, 0.2) is 12.4 Å². The van der Waals surface area contributed by atoms with Gasteiger partial charge < -0.3 is 10.2 Å². The first-order valence-electron chi connectivity index (χ1n) is 10.6. The molecular weight excluding hydrogens is 338 g/mol. The van der Waals surface area contributed by atoms with Crippen LogP contribution >= 0.6 is 0 Å². The van der Waals surface area contributed by atoms with Gasteiger partial charge >= 0.3 is 0 Å². The zero-order valence-electron chi connectivity index (χ0n) is 16.9. The van der Waals surface area contributed by atoms with Gasteiger partial charge in [-0.2, -0.15) is 0 Å². The number of amides is 1. The number of hydrogen-bond acceptors (Lipinski definition) is 5. The van der Waals surface area contributed by atoms with Crippen molar-refractivity contribution in [3.8, 4) is 0 Å². The Morgan fingerprint density at radius 3 is 2.15 bits per heavy atom. The fourth-order valence-corrected chi connectivity index (χ4v) is 5.22. The predicted molar refractivity (Wildman–Crippen MR) is 107 cm³/mol. The van der Waals surface area contributed by atoms with Gasteiger partial charge in [-0.15, -0.1) is 0 Å². The first-order chi connectivity index (χ1) is 13.0. The molecular formula is C21H33N5O. The van der Waals surface area contributed by atoms with Gasteiger partial charge in [0.05, 0.1) is 0 Å². The first kappa shape index (κ1) is 18.7. The third-order valence-electron chi connectivity index (χ3n) is 6.74. The number of fused-ring (bicyclic) bond motifs is 2. The summed E-state index contributed by atoms with van der Waals surface area (Å²) in [5.74, 6) is 1.53. The lowest BCUT2D eigenvalue weighted by Crippen LogP contribution is -2.56. The molecule has 2 unspecified atom stereocenters. The summed E-state index contributed by atoms with van der Waals surface area (Å²) in [5, 5.41) is 3.05. The largest absolute Gasteiger partial charge is 0.354 e. The zero-order chi connectivity index (χ0) is 19.0. The number of nitrogens with zero attached hydrogens (tertiary/aromatic N) is 4. The van der Waals surface area contributed by atoms with E-state index in [-0.39, 0.29) is 5.91 Å². The van der Waals surface area contributed by atoms with Crippen molar-refractivity contribution in [1.82, 2.24) is 20.2 Å². The second kappa shape index (κ2) is 7.74. The van der Waals surface area contributed by atoms with Crippen LogP contribution < -0.4 is 10.2 Å². The molecule has 1 aliphatic carbocycles. The Labute approximate surface area is 162 Å². The molecule has 3 fully saturated rings. The highest BCUT2D eigenvalue weighted by atomic mass is 16.1. The van der Waals surface area contributed by atoms with Gasteiger partial charge in [0.15, 0.2) is 0 Å². The summed E-state index contributed by atoms with van der Waals surface area (Å²) in [6, 6.07) is 2.08. The van der Waals surface area contributed by atoms with Crippen LogP contribution in [0.3, 0.4) is 0 Å². The maximum Gasteiger partial charge on any atom is 0.225 e. The van der Waals surface area contributed by atoms with E-state index in [1.807, 2.05) is 0 Å². The van der Waals surface area contributed by atoms with Gasteiger partial charge in [0, 0.05) is 56.6 Å². The van der Waals surface area contributed by atoms with E-state index < -0.39 is 0 Å². The van der Waals surface area contributed by atoms with Crippen molar-refractivity contribution in [3.05, 3.63) is 18.0 Å². The maximum absolute atomic E-state index is 11.2. The van der Waals surface area contributed by atoms with Crippen LogP contribution in [0.1, 0.15) is 70.8 Å². The molecule has 2 bridgehead atoms. The van der Waals surface area contributed by atoms with Gasteiger partial charge in [0.1, 0.15) is 0 Å². The van der Waals surface area contributed by atoms with E-state index in [2.05, 4.69) is 41.4 Å². The van der Waals surface area contributed by atoms with E-state index in [4.69, 9.17) is 9.97 Å². The monoisotopic (exact) mass is 371 g/mol. The molecule has 2 atom stereocenters. The van der Waals surface area contributed by atoms with Crippen LogP contribution in [0.2, 0.25) is 0 Å². The van der Waals surface area contributed by atoms with Crippen LogP contribution in [0.4, 0.5) is 5.95 Å². The minimum absolute atomic E-state index is 0.0818. The number of aromatic nitrogens is 2. The van der Waals surface area contributed by atoms with Gasteiger partial charge in [-0.05, 0) is 63.9 Å².